The van der Waals surface area contributed by atoms with Crippen molar-refractivity contribution in [1.29, 1.82) is 0 Å². The van der Waals surface area contributed by atoms with E-state index in [0.717, 1.165) is 5.56 Å². The van der Waals surface area contributed by atoms with Crippen molar-refractivity contribution in [3.05, 3.63) is 96.4 Å². The standard InChI is InChI=1S/C27H22N3O9P/c1-37-21-6-5-19(14-23(21)40(34,35)36)22-15-28-26(38-22)18-9-11-29(12-10-18)16-17-3-2-4-20(13-17)27(33)39-30-24(31)7-8-25(30)32/h2-15,28H,16H2,1H3,(H2,34,35,36)/p+1. The number of carbonyl (C=O) groups is 1. The Kier molecular flexibility index (Phi) is 7.14. The van der Waals surface area contributed by atoms with Crippen LogP contribution in [0.1, 0.15) is 15.9 Å². The number of methoxy groups -OCH3 is 1. The zero-order chi connectivity index (χ0) is 28.4. The number of oxazole rings is 1. The predicted molar refractivity (Wildman–Crippen MR) is 140 cm³/mol. The molecule has 0 fully saturated rings. The lowest BCUT2D eigenvalue weighted by Crippen LogP contribution is -2.33. The molecule has 3 aromatic heterocycles. The van der Waals surface area contributed by atoms with Crippen LogP contribution in [0.5, 0.6) is 17.5 Å². The van der Waals surface area contributed by atoms with E-state index >= 15 is 0 Å². The number of benzene rings is 2. The van der Waals surface area contributed by atoms with Crippen molar-refractivity contribution in [2.45, 2.75) is 6.54 Å². The highest BCUT2D eigenvalue weighted by Crippen LogP contribution is 2.39. The number of aromatic nitrogens is 3. The Balaban J connectivity index is 1.30. The third-order valence-electron chi connectivity index (χ3n) is 5.92. The molecular weight excluding hydrogens is 541 g/mol. The van der Waals surface area contributed by atoms with Crippen molar-refractivity contribution in [3.8, 4) is 40.3 Å². The van der Waals surface area contributed by atoms with Gasteiger partial charge in [-0.15, -0.1) is 4.73 Å². The van der Waals surface area contributed by atoms with Crippen LogP contribution in [0.4, 0.5) is 0 Å². The minimum Gasteiger partial charge on any atom is -0.496 e. The SMILES string of the molecule is COc1ccc(-c2cnc(-c3cc[n+](Cc4cccc(C(=O)On5c(O)ccc5O)c4)cc3)o2)cc1P(=O)(O)O. The normalized spacial score (nSPS) is 11.4. The van der Waals surface area contributed by atoms with E-state index in [2.05, 4.69) is 4.98 Å². The van der Waals surface area contributed by atoms with E-state index in [4.69, 9.17) is 14.0 Å². The number of aromatic hydroxyl groups is 2. The quantitative estimate of drug-likeness (QED) is 0.162. The number of carbonyl (C=O) groups excluding carboxylic acids is 1. The second-order valence-corrected chi connectivity index (χ2v) is 10.2. The molecule has 5 aromatic rings. The smallest absolute Gasteiger partial charge is 0.363 e. The lowest BCUT2D eigenvalue weighted by atomic mass is 10.1. The van der Waals surface area contributed by atoms with Crippen LogP contribution in [0.25, 0.3) is 22.8 Å². The summed E-state index contributed by atoms with van der Waals surface area (Å²) >= 11 is 0. The van der Waals surface area contributed by atoms with E-state index in [-0.39, 0.29) is 16.6 Å². The molecule has 3 heterocycles. The van der Waals surface area contributed by atoms with Gasteiger partial charge in [-0.3, -0.25) is 4.57 Å². The molecule has 40 heavy (non-hydrogen) atoms. The molecule has 0 aliphatic rings. The topological polar surface area (TPSA) is 168 Å². The predicted octanol–water partition coefficient (Wildman–Crippen LogP) is 2.64. The average molecular weight is 564 g/mol. The Morgan fingerprint density at radius 3 is 2.40 bits per heavy atom. The summed E-state index contributed by atoms with van der Waals surface area (Å²) in [7, 11) is -3.24. The monoisotopic (exact) mass is 564 g/mol. The maximum absolute atomic E-state index is 12.5. The molecule has 0 atom stereocenters. The van der Waals surface area contributed by atoms with Gasteiger partial charge in [-0.1, -0.05) is 12.1 Å². The van der Waals surface area contributed by atoms with Crippen LogP contribution in [0, 0.1) is 0 Å². The fourth-order valence-corrected chi connectivity index (χ4v) is 4.72. The van der Waals surface area contributed by atoms with Gasteiger partial charge in [0.15, 0.2) is 24.7 Å². The van der Waals surface area contributed by atoms with Gasteiger partial charge in [-0.25, -0.2) is 14.3 Å². The molecule has 0 aliphatic carbocycles. The molecule has 2 aromatic carbocycles. The minimum atomic E-state index is -4.57. The molecule has 0 aliphatic heterocycles. The Labute approximate surface area is 227 Å². The summed E-state index contributed by atoms with van der Waals surface area (Å²) in [4.78, 5) is 41.1. The fourth-order valence-electron chi connectivity index (χ4n) is 3.96. The summed E-state index contributed by atoms with van der Waals surface area (Å²) in [6.45, 7) is 0.426. The largest absolute Gasteiger partial charge is 0.496 e. The van der Waals surface area contributed by atoms with Crippen molar-refractivity contribution < 1.29 is 47.9 Å². The number of rotatable bonds is 8. The van der Waals surface area contributed by atoms with Gasteiger partial charge in [-0.2, -0.15) is 0 Å². The summed E-state index contributed by atoms with van der Waals surface area (Å²) in [6, 6.07) is 17.1. The van der Waals surface area contributed by atoms with Crippen molar-refractivity contribution in [1.82, 2.24) is 9.71 Å². The van der Waals surface area contributed by atoms with Crippen LogP contribution in [-0.4, -0.2) is 42.8 Å². The van der Waals surface area contributed by atoms with Crippen LogP contribution in [0.3, 0.4) is 0 Å². The molecule has 204 valence electrons. The zero-order valence-electron chi connectivity index (χ0n) is 20.9. The zero-order valence-corrected chi connectivity index (χ0v) is 21.8. The highest BCUT2D eigenvalue weighted by molar-refractivity contribution is 7.60. The van der Waals surface area contributed by atoms with Gasteiger partial charge in [0.25, 0.3) is 0 Å². The maximum atomic E-state index is 12.5. The molecule has 0 amide bonds. The highest BCUT2D eigenvalue weighted by atomic mass is 31.2. The second kappa shape index (κ2) is 10.7. The molecule has 12 nitrogen and oxygen atoms in total. The summed E-state index contributed by atoms with van der Waals surface area (Å²) in [6.07, 6.45) is 5.08. The number of hydrogen-bond acceptors (Lipinski definition) is 8. The van der Waals surface area contributed by atoms with Crippen molar-refractivity contribution in [2.24, 2.45) is 0 Å². The second-order valence-electron chi connectivity index (χ2n) is 8.64. The van der Waals surface area contributed by atoms with Crippen LogP contribution < -0.4 is 19.4 Å². The fraction of sp³-hybridized carbons (Fsp3) is 0.0741. The Bertz CT molecular complexity index is 1720. The lowest BCUT2D eigenvalue weighted by Gasteiger charge is -2.10. The summed E-state index contributed by atoms with van der Waals surface area (Å²) in [5.41, 5.74) is 2.14. The van der Waals surface area contributed by atoms with E-state index in [1.54, 1.807) is 48.8 Å². The van der Waals surface area contributed by atoms with Crippen LogP contribution >= 0.6 is 7.60 Å². The first-order chi connectivity index (χ1) is 19.1. The molecule has 0 radical (unpaired) electrons. The molecule has 0 spiro atoms. The van der Waals surface area contributed by atoms with Crippen LogP contribution in [-0.2, 0) is 11.1 Å². The van der Waals surface area contributed by atoms with Crippen LogP contribution in [0.2, 0.25) is 0 Å². The van der Waals surface area contributed by atoms with Crippen molar-refractivity contribution >= 4 is 18.9 Å². The van der Waals surface area contributed by atoms with Gasteiger partial charge in [0, 0.05) is 41.0 Å². The average Bonchev–Trinajstić information content (AvgIpc) is 3.56. The number of pyridine rings is 1. The Hall–Kier alpha value is -4.90. The minimum absolute atomic E-state index is 0.0753. The molecule has 0 bridgehead atoms. The Morgan fingerprint density at radius 1 is 1.00 bits per heavy atom. The molecule has 4 N–H and O–H groups in total. The summed E-state index contributed by atoms with van der Waals surface area (Å²) < 4.78 is 25.3. The first-order valence-corrected chi connectivity index (χ1v) is 13.3. The van der Waals surface area contributed by atoms with E-state index in [0.29, 0.717) is 34.1 Å². The van der Waals surface area contributed by atoms with Gasteiger partial charge in [-0.05, 0) is 30.3 Å². The summed E-state index contributed by atoms with van der Waals surface area (Å²) in [5.74, 6) is -0.859. The number of ether oxygens (including phenoxy) is 1. The van der Waals surface area contributed by atoms with Gasteiger partial charge in [0.05, 0.1) is 18.9 Å². The van der Waals surface area contributed by atoms with Gasteiger partial charge in [0.1, 0.15) is 11.1 Å². The Morgan fingerprint density at radius 2 is 1.73 bits per heavy atom. The molecular formula is C27H23N3O9P+. The van der Waals surface area contributed by atoms with Gasteiger partial charge in [0.2, 0.25) is 17.7 Å². The third kappa shape index (κ3) is 5.59. The molecule has 0 unspecified atom stereocenters. The first-order valence-electron chi connectivity index (χ1n) is 11.7. The summed E-state index contributed by atoms with van der Waals surface area (Å²) in [5, 5.41) is 19.1. The molecule has 13 heteroatoms. The molecule has 0 saturated heterocycles. The van der Waals surface area contributed by atoms with Crippen molar-refractivity contribution in [3.63, 3.8) is 0 Å². The van der Waals surface area contributed by atoms with E-state index < -0.39 is 25.3 Å². The first kappa shape index (κ1) is 26.7. The van der Waals surface area contributed by atoms with Crippen LogP contribution in [0.15, 0.2) is 89.7 Å². The molecule has 5 rings (SSSR count). The van der Waals surface area contributed by atoms with E-state index in [9.17, 15) is 29.4 Å². The third-order valence-corrected chi connectivity index (χ3v) is 6.90. The lowest BCUT2D eigenvalue weighted by molar-refractivity contribution is -0.688. The maximum Gasteiger partial charge on any atom is 0.363 e. The van der Waals surface area contributed by atoms with E-state index in [1.165, 1.54) is 37.6 Å². The van der Waals surface area contributed by atoms with E-state index in [1.807, 2.05) is 10.6 Å². The van der Waals surface area contributed by atoms with Gasteiger partial charge < -0.3 is 34.0 Å². The number of nitrogens with zero attached hydrogens (tertiary/aromatic N) is 3. The highest BCUT2D eigenvalue weighted by Gasteiger charge is 2.24. The van der Waals surface area contributed by atoms with Gasteiger partial charge >= 0.3 is 13.6 Å². The van der Waals surface area contributed by atoms with Crippen molar-refractivity contribution in [2.75, 3.05) is 7.11 Å². The molecule has 0 saturated carbocycles. The number of hydrogen-bond donors (Lipinski definition) is 4.